The van der Waals surface area contributed by atoms with Gasteiger partial charge in [0.1, 0.15) is 18.2 Å². The summed E-state index contributed by atoms with van der Waals surface area (Å²) in [6.07, 6.45) is 2.17. The van der Waals surface area contributed by atoms with Gasteiger partial charge < -0.3 is 10.1 Å². The zero-order valence-electron chi connectivity index (χ0n) is 12.0. The third-order valence-corrected chi connectivity index (χ3v) is 3.53. The predicted octanol–water partition coefficient (Wildman–Crippen LogP) is 2.97. The second-order valence-corrected chi connectivity index (χ2v) is 5.21. The van der Waals surface area contributed by atoms with Gasteiger partial charge >= 0.3 is 0 Å². The maximum Gasteiger partial charge on any atom is 0.248 e. The lowest BCUT2D eigenvalue weighted by Gasteiger charge is -2.16. The molecule has 1 aliphatic rings. The molecule has 2 aromatic carbocycles. The molecule has 1 atom stereocenters. The average molecular weight is 297 g/mol. The van der Waals surface area contributed by atoms with E-state index in [9.17, 15) is 9.18 Å². The third kappa shape index (κ3) is 3.52. The summed E-state index contributed by atoms with van der Waals surface area (Å²) in [5.41, 5.74) is 1.99. The fourth-order valence-electron chi connectivity index (χ4n) is 2.41. The Morgan fingerprint density at radius 2 is 1.73 bits per heavy atom. The van der Waals surface area contributed by atoms with Gasteiger partial charge in [-0.15, -0.1) is 0 Å². The number of carbonyl (C=O) groups excluding carboxylic acids is 1. The summed E-state index contributed by atoms with van der Waals surface area (Å²) in [5.74, 6) is 0.204. The Kier molecular flexibility index (Phi) is 4.19. The molecule has 0 radical (unpaired) electrons. The highest BCUT2D eigenvalue weighted by molar-refractivity contribution is 5.91. The van der Waals surface area contributed by atoms with Crippen molar-refractivity contribution in [1.82, 2.24) is 5.32 Å². The summed E-state index contributed by atoms with van der Waals surface area (Å²) in [7, 11) is 0. The van der Waals surface area contributed by atoms with Gasteiger partial charge in [0.25, 0.3) is 0 Å². The quantitative estimate of drug-likeness (QED) is 0.921. The zero-order chi connectivity index (χ0) is 15.4. The summed E-state index contributed by atoms with van der Waals surface area (Å²) in [5, 5.41) is 2.88. The van der Waals surface area contributed by atoms with Crippen LogP contribution in [0, 0.1) is 5.82 Å². The van der Waals surface area contributed by atoms with Crippen LogP contribution in [-0.2, 0) is 22.6 Å². The van der Waals surface area contributed by atoms with Gasteiger partial charge in [0, 0.05) is 6.08 Å². The Labute approximate surface area is 128 Å². The van der Waals surface area contributed by atoms with Crippen LogP contribution in [0.3, 0.4) is 0 Å². The first kappa shape index (κ1) is 14.3. The minimum atomic E-state index is -0.275. The molecular formula is C18H16FNO2. The standard InChI is InChI=1S/C18H16FNO2/c19-15-8-6-14(7-9-15)12-22-17-11-18(21)20-16(17)10-13-4-2-1-3-5-13/h1-9,11,16H,10,12H2,(H,20,21). The molecule has 1 heterocycles. The molecule has 1 aliphatic heterocycles. The number of carbonyl (C=O) groups is 1. The summed E-state index contributed by atoms with van der Waals surface area (Å²) in [6.45, 7) is 0.312. The molecule has 0 saturated carbocycles. The molecule has 0 fully saturated rings. The zero-order valence-corrected chi connectivity index (χ0v) is 12.0. The lowest BCUT2D eigenvalue weighted by atomic mass is 10.1. The molecule has 0 bridgehead atoms. The SMILES string of the molecule is O=C1C=C(OCc2ccc(F)cc2)C(Cc2ccccc2)N1. The molecule has 0 spiro atoms. The molecular weight excluding hydrogens is 281 g/mol. The van der Waals surface area contributed by atoms with Gasteiger partial charge in [-0.05, 0) is 29.7 Å². The van der Waals surface area contributed by atoms with E-state index in [0.717, 1.165) is 11.1 Å². The van der Waals surface area contributed by atoms with Gasteiger partial charge in [-0.2, -0.15) is 0 Å². The molecule has 3 rings (SSSR count). The monoisotopic (exact) mass is 297 g/mol. The van der Waals surface area contributed by atoms with Crippen LogP contribution in [0.5, 0.6) is 0 Å². The summed E-state index contributed by atoms with van der Waals surface area (Å²) < 4.78 is 18.6. The van der Waals surface area contributed by atoms with Crippen LogP contribution < -0.4 is 5.32 Å². The number of nitrogens with one attached hydrogen (secondary N) is 1. The Morgan fingerprint density at radius 1 is 1.00 bits per heavy atom. The van der Waals surface area contributed by atoms with E-state index >= 15 is 0 Å². The van der Waals surface area contributed by atoms with E-state index in [4.69, 9.17) is 4.74 Å². The first-order valence-corrected chi connectivity index (χ1v) is 7.14. The number of hydrogen-bond donors (Lipinski definition) is 1. The van der Waals surface area contributed by atoms with E-state index in [1.54, 1.807) is 12.1 Å². The first-order chi connectivity index (χ1) is 10.7. The van der Waals surface area contributed by atoms with Crippen LogP contribution in [0.25, 0.3) is 0 Å². The van der Waals surface area contributed by atoms with Crippen LogP contribution in [-0.4, -0.2) is 11.9 Å². The first-order valence-electron chi connectivity index (χ1n) is 7.14. The fraction of sp³-hybridized carbons (Fsp3) is 0.167. The number of hydrogen-bond acceptors (Lipinski definition) is 2. The second kappa shape index (κ2) is 6.43. The summed E-state index contributed by atoms with van der Waals surface area (Å²) in [6, 6.07) is 15.9. The van der Waals surface area contributed by atoms with Crippen molar-refractivity contribution in [3.05, 3.63) is 83.4 Å². The molecule has 3 nitrogen and oxygen atoms in total. The van der Waals surface area contributed by atoms with E-state index in [1.807, 2.05) is 30.3 Å². The van der Waals surface area contributed by atoms with E-state index in [1.165, 1.54) is 18.2 Å². The maximum atomic E-state index is 12.9. The highest BCUT2D eigenvalue weighted by Crippen LogP contribution is 2.18. The van der Waals surface area contributed by atoms with E-state index in [2.05, 4.69) is 5.32 Å². The smallest absolute Gasteiger partial charge is 0.248 e. The molecule has 1 unspecified atom stereocenters. The van der Waals surface area contributed by atoms with Gasteiger partial charge in [0.2, 0.25) is 5.91 Å². The van der Waals surface area contributed by atoms with E-state index < -0.39 is 0 Å². The van der Waals surface area contributed by atoms with Crippen molar-refractivity contribution >= 4 is 5.91 Å². The number of halogens is 1. The van der Waals surface area contributed by atoms with Gasteiger partial charge in [-0.25, -0.2) is 4.39 Å². The summed E-state index contributed by atoms with van der Waals surface area (Å²) in [4.78, 5) is 11.6. The van der Waals surface area contributed by atoms with Crippen LogP contribution in [0.4, 0.5) is 4.39 Å². The van der Waals surface area contributed by atoms with Crippen molar-refractivity contribution in [2.75, 3.05) is 0 Å². The largest absolute Gasteiger partial charge is 0.491 e. The van der Waals surface area contributed by atoms with Crippen LogP contribution >= 0.6 is 0 Å². The van der Waals surface area contributed by atoms with Gasteiger partial charge in [0.15, 0.2) is 0 Å². The highest BCUT2D eigenvalue weighted by atomic mass is 19.1. The molecule has 1 N–H and O–H groups in total. The third-order valence-electron chi connectivity index (χ3n) is 3.53. The van der Waals surface area contributed by atoms with Crippen molar-refractivity contribution in [2.45, 2.75) is 19.1 Å². The number of ether oxygens (including phenoxy) is 1. The van der Waals surface area contributed by atoms with Crippen LogP contribution in [0.2, 0.25) is 0 Å². The Bertz CT molecular complexity index is 680. The topological polar surface area (TPSA) is 38.3 Å². The molecule has 0 aliphatic carbocycles. The molecule has 1 amide bonds. The molecule has 112 valence electrons. The van der Waals surface area contributed by atoms with Crippen molar-refractivity contribution in [3.63, 3.8) is 0 Å². The van der Waals surface area contributed by atoms with Crippen LogP contribution in [0.15, 0.2) is 66.4 Å². The summed E-state index contributed by atoms with van der Waals surface area (Å²) >= 11 is 0. The Morgan fingerprint density at radius 3 is 2.45 bits per heavy atom. The predicted molar refractivity (Wildman–Crippen MR) is 81.3 cm³/mol. The van der Waals surface area contributed by atoms with E-state index in [-0.39, 0.29) is 17.8 Å². The highest BCUT2D eigenvalue weighted by Gasteiger charge is 2.25. The number of amides is 1. The minimum Gasteiger partial charge on any atom is -0.491 e. The lowest BCUT2D eigenvalue weighted by Crippen LogP contribution is -2.31. The van der Waals surface area contributed by atoms with Gasteiger partial charge in [0.05, 0.1) is 6.04 Å². The normalized spacial score (nSPS) is 17.0. The van der Waals surface area contributed by atoms with Crippen molar-refractivity contribution in [2.24, 2.45) is 0 Å². The number of rotatable bonds is 5. The molecule has 0 aromatic heterocycles. The van der Waals surface area contributed by atoms with Crippen molar-refractivity contribution in [1.29, 1.82) is 0 Å². The molecule has 0 saturated heterocycles. The van der Waals surface area contributed by atoms with Gasteiger partial charge in [-0.1, -0.05) is 42.5 Å². The minimum absolute atomic E-state index is 0.143. The fourth-order valence-corrected chi connectivity index (χ4v) is 2.41. The van der Waals surface area contributed by atoms with E-state index in [0.29, 0.717) is 18.8 Å². The maximum absolute atomic E-state index is 12.9. The Hall–Kier alpha value is -2.62. The second-order valence-electron chi connectivity index (χ2n) is 5.21. The molecule has 22 heavy (non-hydrogen) atoms. The van der Waals surface area contributed by atoms with Crippen LogP contribution in [0.1, 0.15) is 11.1 Å². The molecule has 4 heteroatoms. The van der Waals surface area contributed by atoms with Gasteiger partial charge in [-0.3, -0.25) is 4.79 Å². The molecule has 2 aromatic rings. The lowest BCUT2D eigenvalue weighted by molar-refractivity contribution is -0.116. The Balaban J connectivity index is 1.64. The average Bonchev–Trinajstić information content (AvgIpc) is 2.87. The van der Waals surface area contributed by atoms with Crippen molar-refractivity contribution in [3.8, 4) is 0 Å². The number of benzene rings is 2. The van der Waals surface area contributed by atoms with Crippen molar-refractivity contribution < 1.29 is 13.9 Å².